The van der Waals surface area contributed by atoms with Crippen LogP contribution in [0.5, 0.6) is 0 Å². The summed E-state index contributed by atoms with van der Waals surface area (Å²) in [6.45, 7) is 0. The minimum atomic E-state index is -4.87. The molecule has 0 aliphatic carbocycles. The summed E-state index contributed by atoms with van der Waals surface area (Å²) in [4.78, 5) is -1.11. The molecule has 1 rings (SSSR count). The lowest BCUT2D eigenvalue weighted by molar-refractivity contribution is -0.139. The van der Waals surface area contributed by atoms with Crippen molar-refractivity contribution in [2.75, 3.05) is 7.11 Å². The van der Waals surface area contributed by atoms with E-state index in [9.17, 15) is 26.2 Å². The standard InChI is InChI=1S/C8H7F3O5PS/c1-15-17(12)16-18(13,14)7-5-3-2-4-6(7)8(9,10)11/h2-5H,1H3/q+1. The van der Waals surface area contributed by atoms with Gasteiger partial charge in [0.25, 0.3) is 0 Å². The number of rotatable bonds is 4. The largest absolute Gasteiger partial charge is 0.714 e. The van der Waals surface area contributed by atoms with Crippen molar-refractivity contribution in [3.05, 3.63) is 29.8 Å². The van der Waals surface area contributed by atoms with Crippen LogP contribution < -0.4 is 0 Å². The highest BCUT2D eigenvalue weighted by Crippen LogP contribution is 2.37. The van der Waals surface area contributed by atoms with E-state index in [0.29, 0.717) is 12.1 Å². The molecular formula is C8H7F3O5PS+. The Hall–Kier alpha value is -1.02. The highest BCUT2D eigenvalue weighted by Gasteiger charge is 2.41. The van der Waals surface area contributed by atoms with Crippen LogP contribution in [0.25, 0.3) is 0 Å². The molecular weight excluding hydrogens is 296 g/mol. The summed E-state index contributed by atoms with van der Waals surface area (Å²) in [5.41, 5.74) is -1.40. The first kappa shape index (κ1) is 15.0. The molecule has 18 heavy (non-hydrogen) atoms. The monoisotopic (exact) mass is 303 g/mol. The lowest BCUT2D eigenvalue weighted by Gasteiger charge is -2.09. The van der Waals surface area contributed by atoms with Gasteiger partial charge < -0.3 is 0 Å². The molecule has 0 saturated heterocycles. The maximum Gasteiger partial charge on any atom is 0.714 e. The SMILES string of the molecule is CO[P+](=O)OS(=O)(=O)c1ccccc1C(F)(F)F. The third kappa shape index (κ3) is 3.49. The van der Waals surface area contributed by atoms with Gasteiger partial charge in [-0.1, -0.05) is 12.1 Å². The molecule has 100 valence electrons. The smallest absolute Gasteiger partial charge is 0.190 e. The lowest BCUT2D eigenvalue weighted by Crippen LogP contribution is -2.13. The topological polar surface area (TPSA) is 69.7 Å². The van der Waals surface area contributed by atoms with Crippen molar-refractivity contribution in [2.24, 2.45) is 0 Å². The predicted octanol–water partition coefficient (Wildman–Crippen LogP) is 2.71. The molecule has 1 aromatic carbocycles. The molecule has 0 aromatic heterocycles. The number of halogens is 3. The van der Waals surface area contributed by atoms with Gasteiger partial charge in [-0.15, -0.1) is 4.52 Å². The van der Waals surface area contributed by atoms with Crippen molar-refractivity contribution in [2.45, 2.75) is 11.1 Å². The molecule has 0 radical (unpaired) electrons. The number of benzene rings is 1. The fourth-order valence-corrected chi connectivity index (χ4v) is 2.97. The Kier molecular flexibility index (Phi) is 4.44. The van der Waals surface area contributed by atoms with E-state index in [1.54, 1.807) is 0 Å². The minimum Gasteiger partial charge on any atom is -0.190 e. The van der Waals surface area contributed by atoms with Gasteiger partial charge in [-0.3, -0.25) is 0 Å². The summed E-state index contributed by atoms with van der Waals surface area (Å²) in [7, 11) is -6.96. The van der Waals surface area contributed by atoms with Crippen LogP contribution in [0.1, 0.15) is 5.56 Å². The fourth-order valence-electron chi connectivity index (χ4n) is 1.07. The Morgan fingerprint density at radius 3 is 2.28 bits per heavy atom. The molecule has 1 atom stereocenters. The summed E-state index contributed by atoms with van der Waals surface area (Å²) in [5.74, 6) is 0. The van der Waals surface area contributed by atoms with E-state index < -0.39 is 35.0 Å². The van der Waals surface area contributed by atoms with E-state index in [1.807, 2.05) is 0 Å². The number of hydrogen-bond donors (Lipinski definition) is 0. The van der Waals surface area contributed by atoms with Gasteiger partial charge in [0.15, 0.2) is 0 Å². The van der Waals surface area contributed by atoms with Crippen LogP contribution in [0.15, 0.2) is 29.2 Å². The van der Waals surface area contributed by atoms with Crippen LogP contribution in [0, 0.1) is 0 Å². The van der Waals surface area contributed by atoms with Crippen LogP contribution in [-0.2, 0) is 29.4 Å². The summed E-state index contributed by atoms with van der Waals surface area (Å²) < 4.78 is 79.5. The van der Waals surface area contributed by atoms with Crippen LogP contribution >= 0.6 is 8.25 Å². The third-order valence-electron chi connectivity index (χ3n) is 1.77. The predicted molar refractivity (Wildman–Crippen MR) is 54.3 cm³/mol. The second-order valence-electron chi connectivity index (χ2n) is 2.93. The molecule has 10 heteroatoms. The zero-order chi connectivity index (χ0) is 14.0. The molecule has 0 saturated carbocycles. The van der Waals surface area contributed by atoms with Gasteiger partial charge in [0.05, 0.1) is 12.7 Å². The van der Waals surface area contributed by atoms with E-state index in [2.05, 4.69) is 8.49 Å². The average molecular weight is 303 g/mol. The van der Waals surface area contributed by atoms with Crippen LogP contribution in [0.3, 0.4) is 0 Å². The number of hydrogen-bond acceptors (Lipinski definition) is 5. The highest BCUT2D eigenvalue weighted by atomic mass is 32.2. The van der Waals surface area contributed by atoms with E-state index in [1.165, 1.54) is 0 Å². The molecule has 0 fully saturated rings. The number of alkyl halides is 3. The van der Waals surface area contributed by atoms with Gasteiger partial charge in [-0.25, -0.2) is 0 Å². The van der Waals surface area contributed by atoms with Gasteiger partial charge in [-0.05, 0) is 12.1 Å². The van der Waals surface area contributed by atoms with Gasteiger partial charge >= 0.3 is 24.5 Å². The van der Waals surface area contributed by atoms with Crippen LogP contribution in [-0.4, -0.2) is 15.5 Å². The maximum absolute atomic E-state index is 12.6. The minimum absolute atomic E-state index is 0.579. The molecule has 0 spiro atoms. The molecule has 0 aliphatic rings. The Labute approximate surface area is 102 Å². The summed E-state index contributed by atoms with van der Waals surface area (Å²) in [6, 6.07) is 3.40. The fraction of sp³-hybridized carbons (Fsp3) is 0.250. The van der Waals surface area contributed by atoms with Crippen molar-refractivity contribution in [1.82, 2.24) is 0 Å². The molecule has 0 bridgehead atoms. The third-order valence-corrected chi connectivity index (χ3v) is 4.23. The van der Waals surface area contributed by atoms with Crippen molar-refractivity contribution in [1.29, 1.82) is 0 Å². The molecule has 1 aromatic rings. The highest BCUT2D eigenvalue weighted by molar-refractivity contribution is 7.89. The molecule has 5 nitrogen and oxygen atoms in total. The normalized spacial score (nSPS) is 13.4. The molecule has 0 amide bonds. The Balaban J connectivity index is 3.30. The zero-order valence-electron chi connectivity index (χ0n) is 8.84. The van der Waals surface area contributed by atoms with Crippen LogP contribution in [0.4, 0.5) is 13.2 Å². The molecule has 0 heterocycles. The first-order valence-corrected chi connectivity index (χ1v) is 6.81. The van der Waals surface area contributed by atoms with Gasteiger partial charge in [0.1, 0.15) is 4.90 Å². The van der Waals surface area contributed by atoms with Crippen molar-refractivity contribution < 1.29 is 34.6 Å². The van der Waals surface area contributed by atoms with Crippen LogP contribution in [0.2, 0.25) is 0 Å². The first-order chi connectivity index (χ1) is 8.18. The Morgan fingerprint density at radius 1 is 1.22 bits per heavy atom. The van der Waals surface area contributed by atoms with E-state index >= 15 is 0 Å². The van der Waals surface area contributed by atoms with Crippen molar-refractivity contribution in [3.63, 3.8) is 0 Å². The van der Waals surface area contributed by atoms with E-state index in [4.69, 9.17) is 0 Å². The zero-order valence-corrected chi connectivity index (χ0v) is 10.6. The second-order valence-corrected chi connectivity index (χ2v) is 5.69. The Morgan fingerprint density at radius 2 is 1.78 bits per heavy atom. The molecule has 1 unspecified atom stereocenters. The van der Waals surface area contributed by atoms with Gasteiger partial charge in [-0.2, -0.15) is 21.6 Å². The molecule has 0 aliphatic heterocycles. The average Bonchev–Trinajstić information content (AvgIpc) is 2.27. The maximum atomic E-state index is 12.6. The van der Waals surface area contributed by atoms with Crippen molar-refractivity contribution >= 4 is 18.4 Å². The first-order valence-electron chi connectivity index (χ1n) is 4.30. The molecule has 0 N–H and O–H groups in total. The lowest BCUT2D eigenvalue weighted by atomic mass is 10.2. The summed E-state index contributed by atoms with van der Waals surface area (Å²) in [5, 5.41) is 0. The van der Waals surface area contributed by atoms with E-state index in [0.717, 1.165) is 19.2 Å². The summed E-state index contributed by atoms with van der Waals surface area (Å²) in [6.07, 6.45) is -4.87. The quantitative estimate of drug-likeness (QED) is 0.800. The van der Waals surface area contributed by atoms with Gasteiger partial charge in [0, 0.05) is 8.54 Å². The second kappa shape index (κ2) is 5.31. The van der Waals surface area contributed by atoms with Crippen molar-refractivity contribution in [3.8, 4) is 0 Å². The summed E-state index contributed by atoms with van der Waals surface area (Å²) >= 11 is 0. The van der Waals surface area contributed by atoms with E-state index in [-0.39, 0.29) is 0 Å². The Bertz CT molecular complexity index is 554. The van der Waals surface area contributed by atoms with Gasteiger partial charge in [0.2, 0.25) is 0 Å².